The zero-order valence-corrected chi connectivity index (χ0v) is 12.7. The summed E-state index contributed by atoms with van der Waals surface area (Å²) in [6, 6.07) is 21.9. The normalized spacial score (nSPS) is 28.1. The van der Waals surface area contributed by atoms with Crippen LogP contribution in [0.2, 0.25) is 0 Å². The smallest absolute Gasteiger partial charge is 0.0112 e. The summed E-state index contributed by atoms with van der Waals surface area (Å²) >= 11 is 0. The third-order valence-electron chi connectivity index (χ3n) is 4.87. The Hall–Kier alpha value is -1.39. The lowest BCUT2D eigenvalue weighted by Crippen LogP contribution is -2.16. The minimum Gasteiger partial charge on any atom is -0.126 e. The van der Waals surface area contributed by atoms with E-state index in [4.69, 9.17) is 0 Å². The summed E-state index contributed by atoms with van der Waals surface area (Å²) in [5.74, 6) is 0.741. The van der Waals surface area contributed by atoms with Gasteiger partial charge in [-0.2, -0.15) is 0 Å². The third kappa shape index (κ3) is 1.79. The van der Waals surface area contributed by atoms with E-state index in [1.54, 1.807) is 11.1 Å². The van der Waals surface area contributed by atoms with Crippen LogP contribution in [0.25, 0.3) is 11.1 Å². The third-order valence-corrected chi connectivity index (χ3v) is 5.69. The van der Waals surface area contributed by atoms with E-state index in [9.17, 15) is 0 Å². The molecule has 0 heterocycles. The van der Waals surface area contributed by atoms with Gasteiger partial charge in [0, 0.05) is 5.16 Å². The lowest BCUT2D eigenvalue weighted by atomic mass is 9.83. The van der Waals surface area contributed by atoms with Crippen LogP contribution in [0.3, 0.4) is 0 Å². The molecule has 1 heteroatoms. The van der Waals surface area contributed by atoms with Gasteiger partial charge in [0.25, 0.3) is 0 Å². The maximum Gasteiger partial charge on any atom is 0.0112 e. The summed E-state index contributed by atoms with van der Waals surface area (Å²) in [6.07, 6.45) is 3.94. The Balaban J connectivity index is 1.96. The first kappa shape index (κ1) is 12.4. The molecule has 2 aromatic rings. The molecule has 1 fully saturated rings. The number of allylic oxidation sites excluding steroid dienone is 2. The fourth-order valence-corrected chi connectivity index (χ4v) is 4.84. The fourth-order valence-electron chi connectivity index (χ4n) is 4.07. The van der Waals surface area contributed by atoms with Crippen molar-refractivity contribution in [2.45, 2.75) is 24.4 Å². The molecule has 0 aliphatic heterocycles. The molecule has 0 saturated heterocycles. The largest absolute Gasteiger partial charge is 0.126 e. The number of hydrogen-bond acceptors (Lipinski definition) is 0. The standard InChI is InChI=1S/C19H19P/c20-19-12-11-16(13-19)17(14-7-3-1-4-8-14)18(19)15-9-5-2-6-10-15/h1-10,16H,11-13,20H2. The summed E-state index contributed by atoms with van der Waals surface area (Å²) in [7, 11) is 3.18. The van der Waals surface area contributed by atoms with Gasteiger partial charge in [0.15, 0.2) is 0 Å². The zero-order valence-electron chi connectivity index (χ0n) is 11.5. The predicted octanol–water partition coefficient (Wildman–Crippen LogP) is 5.03. The molecule has 2 aromatic carbocycles. The first-order chi connectivity index (χ1) is 9.78. The maximum atomic E-state index is 3.18. The van der Waals surface area contributed by atoms with Gasteiger partial charge in [0.1, 0.15) is 0 Å². The van der Waals surface area contributed by atoms with Crippen LogP contribution in [0.15, 0.2) is 60.7 Å². The number of fused-ring (bicyclic) bond motifs is 2. The van der Waals surface area contributed by atoms with Gasteiger partial charge in [-0.05, 0) is 47.5 Å². The molecule has 100 valence electrons. The highest BCUT2D eigenvalue weighted by atomic mass is 31.0. The summed E-state index contributed by atoms with van der Waals surface area (Å²) in [5, 5.41) is 0.303. The molecule has 20 heavy (non-hydrogen) atoms. The molecule has 0 radical (unpaired) electrons. The summed E-state index contributed by atoms with van der Waals surface area (Å²) in [5.41, 5.74) is 5.99. The molecular weight excluding hydrogens is 259 g/mol. The molecule has 4 rings (SSSR count). The van der Waals surface area contributed by atoms with E-state index in [0.29, 0.717) is 5.16 Å². The minimum absolute atomic E-state index is 0.303. The molecule has 2 aliphatic rings. The molecule has 3 unspecified atom stereocenters. The van der Waals surface area contributed by atoms with Crippen LogP contribution in [-0.4, -0.2) is 5.16 Å². The molecule has 2 aliphatic carbocycles. The minimum atomic E-state index is 0.303. The van der Waals surface area contributed by atoms with Crippen LogP contribution in [0, 0.1) is 5.92 Å². The highest BCUT2D eigenvalue weighted by molar-refractivity contribution is 7.20. The molecule has 0 amide bonds. The summed E-state index contributed by atoms with van der Waals surface area (Å²) in [6.45, 7) is 0. The van der Waals surface area contributed by atoms with Gasteiger partial charge >= 0.3 is 0 Å². The van der Waals surface area contributed by atoms with Crippen molar-refractivity contribution in [3.63, 3.8) is 0 Å². The van der Waals surface area contributed by atoms with Gasteiger partial charge in [0.05, 0.1) is 0 Å². The second-order valence-electron chi connectivity index (χ2n) is 6.12. The van der Waals surface area contributed by atoms with Crippen LogP contribution in [0.4, 0.5) is 0 Å². The van der Waals surface area contributed by atoms with Gasteiger partial charge in [0.2, 0.25) is 0 Å². The van der Waals surface area contributed by atoms with Gasteiger partial charge in [-0.25, -0.2) is 0 Å². The maximum absolute atomic E-state index is 3.18. The van der Waals surface area contributed by atoms with E-state index >= 15 is 0 Å². The van der Waals surface area contributed by atoms with Crippen LogP contribution in [0.1, 0.15) is 30.4 Å². The van der Waals surface area contributed by atoms with E-state index in [2.05, 4.69) is 69.9 Å². The van der Waals surface area contributed by atoms with Crippen molar-refractivity contribution in [1.82, 2.24) is 0 Å². The fraction of sp³-hybridized carbons (Fsp3) is 0.263. The predicted molar refractivity (Wildman–Crippen MR) is 89.5 cm³/mol. The number of rotatable bonds is 2. The van der Waals surface area contributed by atoms with Crippen molar-refractivity contribution in [2.24, 2.45) is 5.92 Å². The van der Waals surface area contributed by atoms with Crippen molar-refractivity contribution >= 4 is 20.4 Å². The number of hydrogen-bond donors (Lipinski definition) is 0. The summed E-state index contributed by atoms with van der Waals surface area (Å²) < 4.78 is 0. The number of benzene rings is 2. The van der Waals surface area contributed by atoms with E-state index < -0.39 is 0 Å². The topological polar surface area (TPSA) is 0 Å². The Morgan fingerprint density at radius 3 is 2.10 bits per heavy atom. The molecule has 0 spiro atoms. The molecule has 3 atom stereocenters. The lowest BCUT2D eigenvalue weighted by Gasteiger charge is -2.28. The second kappa shape index (κ2) is 4.57. The van der Waals surface area contributed by atoms with Crippen LogP contribution >= 0.6 is 9.24 Å². The van der Waals surface area contributed by atoms with Crippen molar-refractivity contribution < 1.29 is 0 Å². The molecule has 0 N–H and O–H groups in total. The second-order valence-corrected chi connectivity index (χ2v) is 7.22. The Bertz CT molecular complexity index is 657. The van der Waals surface area contributed by atoms with Gasteiger partial charge in [-0.1, -0.05) is 60.7 Å². The zero-order chi connectivity index (χ0) is 13.6. The monoisotopic (exact) mass is 278 g/mol. The highest BCUT2D eigenvalue weighted by Gasteiger charge is 2.48. The Labute approximate surface area is 123 Å². The Morgan fingerprint density at radius 2 is 1.45 bits per heavy atom. The van der Waals surface area contributed by atoms with Gasteiger partial charge < -0.3 is 0 Å². The van der Waals surface area contributed by atoms with E-state index in [1.165, 1.54) is 30.4 Å². The van der Waals surface area contributed by atoms with Gasteiger partial charge in [-0.15, -0.1) is 9.24 Å². The highest BCUT2D eigenvalue weighted by Crippen LogP contribution is 2.62. The molecule has 1 saturated carbocycles. The van der Waals surface area contributed by atoms with E-state index in [0.717, 1.165) is 5.92 Å². The lowest BCUT2D eigenvalue weighted by molar-refractivity contribution is 0.718. The molecular formula is C19H19P. The average Bonchev–Trinajstić information content (AvgIpc) is 3.02. The van der Waals surface area contributed by atoms with Crippen molar-refractivity contribution in [3.8, 4) is 0 Å². The molecule has 0 aromatic heterocycles. The van der Waals surface area contributed by atoms with Crippen molar-refractivity contribution in [1.29, 1.82) is 0 Å². The Morgan fingerprint density at radius 1 is 0.850 bits per heavy atom. The summed E-state index contributed by atoms with van der Waals surface area (Å²) in [4.78, 5) is 0. The SMILES string of the molecule is PC12CCC(C1)C(c1ccccc1)=C2c1ccccc1. The van der Waals surface area contributed by atoms with Crippen LogP contribution in [0.5, 0.6) is 0 Å². The van der Waals surface area contributed by atoms with Crippen molar-refractivity contribution in [2.75, 3.05) is 0 Å². The van der Waals surface area contributed by atoms with Crippen LogP contribution < -0.4 is 0 Å². The van der Waals surface area contributed by atoms with Gasteiger partial charge in [-0.3, -0.25) is 0 Å². The Kier molecular flexibility index (Phi) is 2.82. The van der Waals surface area contributed by atoms with Crippen molar-refractivity contribution in [3.05, 3.63) is 71.8 Å². The quantitative estimate of drug-likeness (QED) is 0.676. The van der Waals surface area contributed by atoms with E-state index in [1.807, 2.05) is 0 Å². The van der Waals surface area contributed by atoms with Crippen LogP contribution in [-0.2, 0) is 0 Å². The molecule has 0 nitrogen and oxygen atoms in total. The van der Waals surface area contributed by atoms with E-state index in [-0.39, 0.29) is 0 Å². The first-order valence-corrected chi connectivity index (χ1v) is 8.00. The first-order valence-electron chi connectivity index (χ1n) is 7.42. The average molecular weight is 278 g/mol. The molecule has 2 bridgehead atoms.